The molecule has 2 amide bonds. The highest BCUT2D eigenvalue weighted by Crippen LogP contribution is 2.25. The van der Waals surface area contributed by atoms with Gasteiger partial charge in [-0.3, -0.25) is 9.59 Å². The summed E-state index contributed by atoms with van der Waals surface area (Å²) in [4.78, 5) is 32.1. The van der Waals surface area contributed by atoms with E-state index in [-0.39, 0.29) is 23.7 Å². The number of pyridine rings is 1. The van der Waals surface area contributed by atoms with E-state index in [2.05, 4.69) is 16.7 Å². The van der Waals surface area contributed by atoms with Gasteiger partial charge >= 0.3 is 0 Å². The Kier molecular flexibility index (Phi) is 9.01. The Labute approximate surface area is 221 Å². The SMILES string of the molecule is N#Cc1ccccc1-c1ccc(C(=O)NC[C@@H]2CCCN2C(=O)CCN)c(NCCc2cccc(F)c2)n1. The molecule has 3 aromatic rings. The monoisotopic (exact) mass is 514 g/mol. The minimum Gasteiger partial charge on any atom is -0.369 e. The number of nitriles is 1. The van der Waals surface area contributed by atoms with Crippen molar-refractivity contribution in [2.75, 3.05) is 31.5 Å². The summed E-state index contributed by atoms with van der Waals surface area (Å²) in [5.74, 6) is -0.247. The van der Waals surface area contributed by atoms with Crippen molar-refractivity contribution in [2.24, 2.45) is 5.73 Å². The van der Waals surface area contributed by atoms with E-state index < -0.39 is 0 Å². The molecule has 4 rings (SSSR count). The summed E-state index contributed by atoms with van der Waals surface area (Å²) in [6.07, 6.45) is 2.52. The van der Waals surface area contributed by atoms with Gasteiger partial charge in [-0.2, -0.15) is 5.26 Å². The Morgan fingerprint density at radius 3 is 2.79 bits per heavy atom. The van der Waals surface area contributed by atoms with Crippen LogP contribution < -0.4 is 16.4 Å². The number of nitrogens with two attached hydrogens (primary N) is 1. The third kappa shape index (κ3) is 6.52. The van der Waals surface area contributed by atoms with Crippen molar-refractivity contribution in [3.8, 4) is 17.3 Å². The summed E-state index contributed by atoms with van der Waals surface area (Å²) in [6, 6.07) is 19.0. The molecule has 0 unspecified atom stereocenters. The first-order chi connectivity index (χ1) is 18.5. The summed E-state index contributed by atoms with van der Waals surface area (Å²) in [7, 11) is 0. The van der Waals surface area contributed by atoms with Crippen LogP contribution in [0.3, 0.4) is 0 Å². The van der Waals surface area contributed by atoms with Crippen LogP contribution in [0.1, 0.15) is 40.7 Å². The fraction of sp³-hybridized carbons (Fsp3) is 0.310. The number of nitrogens with one attached hydrogen (secondary N) is 2. The molecule has 1 aromatic heterocycles. The van der Waals surface area contributed by atoms with Crippen LogP contribution in [0.15, 0.2) is 60.7 Å². The molecule has 1 aliphatic rings. The molecular formula is C29H31FN6O2. The number of likely N-dealkylation sites (tertiary alicyclic amines) is 1. The summed E-state index contributed by atoms with van der Waals surface area (Å²) in [5.41, 5.74) is 8.41. The number of carbonyl (C=O) groups excluding carboxylic acids is 2. The van der Waals surface area contributed by atoms with Crippen LogP contribution in [0.2, 0.25) is 0 Å². The molecule has 1 atom stereocenters. The van der Waals surface area contributed by atoms with E-state index in [4.69, 9.17) is 10.7 Å². The summed E-state index contributed by atoms with van der Waals surface area (Å²) < 4.78 is 13.6. The molecule has 0 spiro atoms. The van der Waals surface area contributed by atoms with E-state index in [0.29, 0.717) is 67.2 Å². The topological polar surface area (TPSA) is 124 Å². The molecule has 1 fully saturated rings. The predicted molar refractivity (Wildman–Crippen MR) is 144 cm³/mol. The van der Waals surface area contributed by atoms with Crippen LogP contribution >= 0.6 is 0 Å². The Balaban J connectivity index is 1.53. The average Bonchev–Trinajstić information content (AvgIpc) is 3.41. The number of hydrogen-bond acceptors (Lipinski definition) is 6. The fourth-order valence-corrected chi connectivity index (χ4v) is 4.70. The molecular weight excluding hydrogens is 483 g/mol. The van der Waals surface area contributed by atoms with Gasteiger partial charge in [-0.15, -0.1) is 0 Å². The van der Waals surface area contributed by atoms with E-state index in [0.717, 1.165) is 18.4 Å². The van der Waals surface area contributed by atoms with Crippen LogP contribution in [0.4, 0.5) is 10.2 Å². The highest BCUT2D eigenvalue weighted by atomic mass is 19.1. The first-order valence-electron chi connectivity index (χ1n) is 12.8. The van der Waals surface area contributed by atoms with Gasteiger partial charge in [0.15, 0.2) is 0 Å². The first kappa shape index (κ1) is 26.8. The standard InChI is InChI=1S/C29H31FN6O2/c30-22-7-3-5-20(17-22)13-15-33-28-25(10-11-26(35-28)24-9-2-1-6-21(24)18-32)29(38)34-19-23-8-4-16-36(23)27(37)12-14-31/h1-3,5-7,9-11,17,23H,4,8,12-16,19,31H2,(H,33,35)(H,34,38)/t23-/m0/s1. The number of amides is 2. The van der Waals surface area contributed by atoms with Crippen LogP contribution in [0, 0.1) is 17.1 Å². The number of benzene rings is 2. The predicted octanol–water partition coefficient (Wildman–Crippen LogP) is 3.48. The van der Waals surface area contributed by atoms with Gasteiger partial charge in [0.05, 0.1) is 22.9 Å². The maximum atomic E-state index is 13.6. The molecule has 1 aliphatic heterocycles. The lowest BCUT2D eigenvalue weighted by atomic mass is 10.0. The first-order valence-corrected chi connectivity index (χ1v) is 12.8. The number of aromatic nitrogens is 1. The maximum absolute atomic E-state index is 13.6. The smallest absolute Gasteiger partial charge is 0.255 e. The number of halogens is 1. The number of hydrogen-bond donors (Lipinski definition) is 3. The fourth-order valence-electron chi connectivity index (χ4n) is 4.70. The summed E-state index contributed by atoms with van der Waals surface area (Å²) in [6.45, 7) is 1.72. The van der Waals surface area contributed by atoms with Crippen molar-refractivity contribution in [1.29, 1.82) is 5.26 Å². The number of rotatable bonds is 10. The zero-order valence-electron chi connectivity index (χ0n) is 21.1. The average molecular weight is 515 g/mol. The molecule has 1 saturated heterocycles. The molecule has 0 aliphatic carbocycles. The maximum Gasteiger partial charge on any atom is 0.255 e. The van der Waals surface area contributed by atoms with Crippen molar-refractivity contribution in [3.63, 3.8) is 0 Å². The summed E-state index contributed by atoms with van der Waals surface area (Å²) in [5, 5.41) is 15.7. The van der Waals surface area contributed by atoms with Crippen LogP contribution in [0.25, 0.3) is 11.3 Å². The van der Waals surface area contributed by atoms with Gasteiger partial charge in [-0.1, -0.05) is 30.3 Å². The van der Waals surface area contributed by atoms with Crippen LogP contribution in [-0.4, -0.2) is 53.9 Å². The molecule has 196 valence electrons. The van der Waals surface area contributed by atoms with Crippen LogP contribution in [0.5, 0.6) is 0 Å². The van der Waals surface area contributed by atoms with E-state index in [1.165, 1.54) is 12.1 Å². The molecule has 0 bridgehead atoms. The normalized spacial score (nSPS) is 14.7. The Morgan fingerprint density at radius 1 is 1.16 bits per heavy atom. The van der Waals surface area contributed by atoms with E-state index >= 15 is 0 Å². The number of anilines is 1. The molecule has 2 aromatic carbocycles. The van der Waals surface area contributed by atoms with E-state index in [1.54, 1.807) is 35.2 Å². The Hall–Kier alpha value is -4.29. The van der Waals surface area contributed by atoms with Gasteiger partial charge in [-0.05, 0) is 55.2 Å². The molecule has 0 radical (unpaired) electrons. The lowest BCUT2D eigenvalue weighted by Gasteiger charge is -2.25. The Morgan fingerprint density at radius 2 is 2.00 bits per heavy atom. The highest BCUT2D eigenvalue weighted by molar-refractivity contribution is 5.99. The second-order valence-electron chi connectivity index (χ2n) is 9.19. The van der Waals surface area contributed by atoms with Crippen molar-refractivity contribution < 1.29 is 14.0 Å². The molecule has 9 heteroatoms. The molecule has 2 heterocycles. The van der Waals surface area contributed by atoms with Crippen molar-refractivity contribution >= 4 is 17.6 Å². The third-order valence-corrected chi connectivity index (χ3v) is 6.61. The second kappa shape index (κ2) is 12.8. The quantitative estimate of drug-likeness (QED) is 0.381. The largest absolute Gasteiger partial charge is 0.369 e. The molecule has 8 nitrogen and oxygen atoms in total. The van der Waals surface area contributed by atoms with Gasteiger partial charge in [0.1, 0.15) is 11.6 Å². The minimum absolute atomic E-state index is 0.00568. The molecule has 4 N–H and O–H groups in total. The minimum atomic E-state index is -0.316. The van der Waals surface area contributed by atoms with Crippen molar-refractivity contribution in [3.05, 3.63) is 83.2 Å². The zero-order valence-corrected chi connectivity index (χ0v) is 21.1. The molecule has 0 saturated carbocycles. The van der Waals surface area contributed by atoms with E-state index in [9.17, 15) is 19.2 Å². The van der Waals surface area contributed by atoms with Gasteiger partial charge < -0.3 is 21.3 Å². The van der Waals surface area contributed by atoms with Gasteiger partial charge in [0, 0.05) is 44.2 Å². The van der Waals surface area contributed by atoms with Crippen molar-refractivity contribution in [2.45, 2.75) is 31.7 Å². The second-order valence-corrected chi connectivity index (χ2v) is 9.19. The van der Waals surface area contributed by atoms with Crippen LogP contribution in [-0.2, 0) is 11.2 Å². The summed E-state index contributed by atoms with van der Waals surface area (Å²) >= 11 is 0. The third-order valence-electron chi connectivity index (χ3n) is 6.61. The molecule has 38 heavy (non-hydrogen) atoms. The van der Waals surface area contributed by atoms with Gasteiger partial charge in [0.2, 0.25) is 5.91 Å². The highest BCUT2D eigenvalue weighted by Gasteiger charge is 2.28. The van der Waals surface area contributed by atoms with Gasteiger partial charge in [0.25, 0.3) is 5.91 Å². The van der Waals surface area contributed by atoms with E-state index in [1.807, 2.05) is 18.2 Å². The lowest BCUT2D eigenvalue weighted by Crippen LogP contribution is -2.43. The number of carbonyl (C=O) groups is 2. The zero-order chi connectivity index (χ0) is 26.9. The van der Waals surface area contributed by atoms with Crippen molar-refractivity contribution in [1.82, 2.24) is 15.2 Å². The Bertz CT molecular complexity index is 1340. The number of nitrogens with zero attached hydrogens (tertiary/aromatic N) is 3. The van der Waals surface area contributed by atoms with Gasteiger partial charge in [-0.25, -0.2) is 9.37 Å². The lowest BCUT2D eigenvalue weighted by molar-refractivity contribution is -0.131.